The van der Waals surface area contributed by atoms with Crippen molar-refractivity contribution < 1.29 is 4.42 Å². The first-order valence-electron chi connectivity index (χ1n) is 7.27. The molecule has 3 aromatic rings. The Morgan fingerprint density at radius 2 is 2.14 bits per heavy atom. The number of para-hydroxylation sites is 1. The Kier molecular flexibility index (Phi) is 3.75. The van der Waals surface area contributed by atoms with Gasteiger partial charge in [0.25, 0.3) is 0 Å². The third-order valence-corrected chi connectivity index (χ3v) is 3.85. The van der Waals surface area contributed by atoms with Crippen LogP contribution in [-0.2, 0) is 20.0 Å². The molecule has 110 valence electrons. The van der Waals surface area contributed by atoms with E-state index in [9.17, 15) is 0 Å². The van der Waals surface area contributed by atoms with E-state index >= 15 is 0 Å². The van der Waals surface area contributed by atoms with E-state index in [4.69, 9.17) is 4.42 Å². The van der Waals surface area contributed by atoms with Gasteiger partial charge in [-0.05, 0) is 19.4 Å². The molecule has 0 aliphatic heterocycles. The number of hydrogen-bond donors (Lipinski definition) is 1. The Balaban J connectivity index is 1.84. The van der Waals surface area contributed by atoms with E-state index in [1.54, 1.807) is 6.33 Å². The van der Waals surface area contributed by atoms with E-state index in [0.29, 0.717) is 6.54 Å². The van der Waals surface area contributed by atoms with Crippen LogP contribution in [0.2, 0.25) is 0 Å². The van der Waals surface area contributed by atoms with Crippen molar-refractivity contribution in [3.63, 3.8) is 0 Å². The molecule has 1 N–H and O–H groups in total. The van der Waals surface area contributed by atoms with Gasteiger partial charge in [-0.15, -0.1) is 10.2 Å². The highest BCUT2D eigenvalue weighted by molar-refractivity contribution is 5.82. The molecule has 3 rings (SSSR count). The van der Waals surface area contributed by atoms with Crippen LogP contribution in [0.5, 0.6) is 0 Å². The van der Waals surface area contributed by atoms with Crippen LogP contribution in [-0.4, -0.2) is 14.8 Å². The molecule has 0 spiro atoms. The molecular weight excluding hydrogens is 264 g/mol. The molecule has 0 aliphatic rings. The lowest BCUT2D eigenvalue weighted by Gasteiger charge is -2.12. The summed E-state index contributed by atoms with van der Waals surface area (Å²) in [6.45, 7) is 4.95. The maximum Gasteiger partial charge on any atom is 0.146 e. The third-order valence-electron chi connectivity index (χ3n) is 3.85. The summed E-state index contributed by atoms with van der Waals surface area (Å²) in [5.74, 6) is 1.93. The first-order chi connectivity index (χ1) is 10.2. The van der Waals surface area contributed by atoms with Crippen LogP contribution in [0.1, 0.15) is 37.0 Å². The second-order valence-electron chi connectivity index (χ2n) is 5.26. The Hall–Kier alpha value is -2.14. The minimum Gasteiger partial charge on any atom is -0.459 e. The molecule has 21 heavy (non-hydrogen) atoms. The van der Waals surface area contributed by atoms with Crippen molar-refractivity contribution in [2.45, 2.75) is 32.9 Å². The summed E-state index contributed by atoms with van der Waals surface area (Å²) in [5, 5.41) is 12.6. The van der Waals surface area contributed by atoms with Gasteiger partial charge in [0.05, 0.1) is 12.6 Å². The normalized spacial score (nSPS) is 12.9. The van der Waals surface area contributed by atoms with Crippen LogP contribution < -0.4 is 5.32 Å². The number of rotatable bonds is 5. The highest BCUT2D eigenvalue weighted by atomic mass is 16.3. The second kappa shape index (κ2) is 5.69. The quantitative estimate of drug-likeness (QED) is 0.782. The predicted octanol–water partition coefficient (Wildman–Crippen LogP) is 2.97. The number of nitrogens with one attached hydrogen (secondary N) is 1. The van der Waals surface area contributed by atoms with Crippen molar-refractivity contribution in [1.82, 2.24) is 20.1 Å². The highest BCUT2D eigenvalue weighted by Crippen LogP contribution is 2.30. The summed E-state index contributed by atoms with van der Waals surface area (Å²) >= 11 is 0. The lowest BCUT2D eigenvalue weighted by molar-refractivity contribution is 0.439. The molecule has 5 heteroatoms. The van der Waals surface area contributed by atoms with Crippen molar-refractivity contribution in [2.75, 3.05) is 0 Å². The molecule has 1 unspecified atom stereocenters. The maximum absolute atomic E-state index is 6.05. The van der Waals surface area contributed by atoms with Gasteiger partial charge < -0.3 is 14.3 Å². The van der Waals surface area contributed by atoms with Crippen molar-refractivity contribution in [3.05, 3.63) is 47.7 Å². The molecule has 0 radical (unpaired) electrons. The zero-order chi connectivity index (χ0) is 14.8. The average Bonchev–Trinajstić information content (AvgIpc) is 3.07. The topological polar surface area (TPSA) is 55.9 Å². The summed E-state index contributed by atoms with van der Waals surface area (Å²) in [7, 11) is 1.94. The fourth-order valence-corrected chi connectivity index (χ4v) is 2.64. The molecule has 2 aromatic heterocycles. The summed E-state index contributed by atoms with van der Waals surface area (Å²) < 4.78 is 7.96. The summed E-state index contributed by atoms with van der Waals surface area (Å²) in [6, 6.07) is 8.33. The zero-order valence-electron chi connectivity index (χ0n) is 12.6. The Morgan fingerprint density at radius 1 is 1.33 bits per heavy atom. The van der Waals surface area contributed by atoms with Crippen LogP contribution >= 0.6 is 0 Å². The van der Waals surface area contributed by atoms with E-state index in [2.05, 4.69) is 41.5 Å². The SMILES string of the molecule is CCc1c(C(C)NCc2nncn2C)oc2ccccc12. The van der Waals surface area contributed by atoms with Crippen molar-refractivity contribution >= 4 is 11.0 Å². The highest BCUT2D eigenvalue weighted by Gasteiger charge is 2.18. The first-order valence-corrected chi connectivity index (χ1v) is 7.27. The molecule has 1 atom stereocenters. The Labute approximate surface area is 124 Å². The predicted molar refractivity (Wildman–Crippen MR) is 81.8 cm³/mol. The van der Waals surface area contributed by atoms with Gasteiger partial charge in [0.1, 0.15) is 23.5 Å². The standard InChI is InChI=1S/C16H20N4O/c1-4-12-13-7-5-6-8-14(13)21-16(12)11(2)17-9-15-19-18-10-20(15)3/h5-8,10-11,17H,4,9H2,1-3H3. The monoisotopic (exact) mass is 284 g/mol. The summed E-state index contributed by atoms with van der Waals surface area (Å²) in [4.78, 5) is 0. The molecule has 0 bridgehead atoms. The van der Waals surface area contributed by atoms with E-state index in [-0.39, 0.29) is 6.04 Å². The van der Waals surface area contributed by atoms with Crippen molar-refractivity contribution in [1.29, 1.82) is 0 Å². The summed E-state index contributed by atoms with van der Waals surface area (Å²) in [5.41, 5.74) is 2.24. The van der Waals surface area contributed by atoms with E-state index in [1.807, 2.05) is 23.7 Å². The second-order valence-corrected chi connectivity index (χ2v) is 5.26. The number of furan rings is 1. The maximum atomic E-state index is 6.05. The number of benzene rings is 1. The van der Waals surface area contributed by atoms with Crippen LogP contribution in [0.25, 0.3) is 11.0 Å². The fraction of sp³-hybridized carbons (Fsp3) is 0.375. The lowest BCUT2D eigenvalue weighted by Crippen LogP contribution is -2.20. The molecular formula is C16H20N4O. The minimum absolute atomic E-state index is 0.129. The van der Waals surface area contributed by atoms with Crippen molar-refractivity contribution in [3.8, 4) is 0 Å². The third kappa shape index (κ3) is 2.56. The summed E-state index contributed by atoms with van der Waals surface area (Å²) in [6.07, 6.45) is 2.67. The largest absolute Gasteiger partial charge is 0.459 e. The molecule has 0 saturated carbocycles. The lowest BCUT2D eigenvalue weighted by atomic mass is 10.1. The number of fused-ring (bicyclic) bond motifs is 1. The number of aryl methyl sites for hydroxylation is 2. The van der Waals surface area contributed by atoms with Crippen LogP contribution in [0.15, 0.2) is 35.0 Å². The van der Waals surface area contributed by atoms with Crippen LogP contribution in [0.4, 0.5) is 0 Å². The molecule has 0 amide bonds. The number of aromatic nitrogens is 3. The van der Waals surface area contributed by atoms with Gasteiger partial charge in [-0.2, -0.15) is 0 Å². The van der Waals surface area contributed by atoms with Gasteiger partial charge in [-0.3, -0.25) is 0 Å². The van der Waals surface area contributed by atoms with E-state index in [0.717, 1.165) is 23.6 Å². The van der Waals surface area contributed by atoms with Gasteiger partial charge in [0, 0.05) is 18.0 Å². The number of nitrogens with zero attached hydrogens (tertiary/aromatic N) is 3. The smallest absolute Gasteiger partial charge is 0.146 e. The minimum atomic E-state index is 0.129. The van der Waals surface area contributed by atoms with Gasteiger partial charge >= 0.3 is 0 Å². The zero-order valence-corrected chi connectivity index (χ0v) is 12.6. The van der Waals surface area contributed by atoms with Crippen molar-refractivity contribution in [2.24, 2.45) is 7.05 Å². The van der Waals surface area contributed by atoms with E-state index < -0.39 is 0 Å². The molecule has 2 heterocycles. The average molecular weight is 284 g/mol. The van der Waals surface area contributed by atoms with Gasteiger partial charge in [0.2, 0.25) is 0 Å². The molecule has 0 aliphatic carbocycles. The molecule has 0 fully saturated rings. The van der Waals surface area contributed by atoms with Gasteiger partial charge in [-0.25, -0.2) is 0 Å². The first kappa shape index (κ1) is 13.8. The molecule has 1 aromatic carbocycles. The molecule has 0 saturated heterocycles. The Morgan fingerprint density at radius 3 is 2.86 bits per heavy atom. The van der Waals surface area contributed by atoms with Crippen LogP contribution in [0, 0.1) is 0 Å². The fourth-order valence-electron chi connectivity index (χ4n) is 2.64. The van der Waals surface area contributed by atoms with Gasteiger partial charge in [0.15, 0.2) is 0 Å². The molecule has 5 nitrogen and oxygen atoms in total. The number of hydrogen-bond acceptors (Lipinski definition) is 4. The van der Waals surface area contributed by atoms with Gasteiger partial charge in [-0.1, -0.05) is 25.1 Å². The van der Waals surface area contributed by atoms with Crippen LogP contribution in [0.3, 0.4) is 0 Å². The van der Waals surface area contributed by atoms with E-state index in [1.165, 1.54) is 10.9 Å². The Bertz CT molecular complexity index is 744.